The van der Waals surface area contributed by atoms with Gasteiger partial charge in [0.2, 0.25) is 0 Å². The van der Waals surface area contributed by atoms with Crippen LogP contribution in [-0.2, 0) is 21.1 Å². The standard InChI is InChI=1S/C24H24ClF2N2O10PS/c1-34-13-3-7-15(8-4-13)38-40(41,39-16-9-5-14(35-2)6-10-16)36-12-24(22(26)27)19(31)18(30)21(37-24)29-11-17(25)20(32)28-23(29)33/h3-11,18-19,21-22,30-31H,12H2,1-2H3,(H,28,32,33)/t18-,19+,21-,24-/m1/s1. The van der Waals surface area contributed by atoms with Crippen molar-refractivity contribution in [2.45, 2.75) is 30.5 Å². The van der Waals surface area contributed by atoms with Gasteiger partial charge < -0.3 is 33.5 Å². The first-order valence-corrected chi connectivity index (χ1v) is 14.6. The monoisotopic (exact) mass is 636 g/mol. The number of benzene rings is 2. The second kappa shape index (κ2) is 12.4. The van der Waals surface area contributed by atoms with Crippen molar-refractivity contribution in [3.8, 4) is 23.0 Å². The number of rotatable bonds is 11. The molecule has 0 saturated carbocycles. The predicted molar refractivity (Wildman–Crippen MR) is 145 cm³/mol. The highest BCUT2D eigenvalue weighted by atomic mass is 35.5. The highest BCUT2D eigenvalue weighted by molar-refractivity contribution is 8.07. The fraction of sp³-hybridized carbons (Fsp3) is 0.333. The van der Waals surface area contributed by atoms with Gasteiger partial charge in [-0.3, -0.25) is 18.9 Å². The Kier molecular flexibility index (Phi) is 9.39. The molecule has 41 heavy (non-hydrogen) atoms. The molecule has 3 aromatic rings. The molecule has 17 heteroatoms. The molecule has 0 radical (unpaired) electrons. The van der Waals surface area contributed by atoms with E-state index in [0.29, 0.717) is 16.1 Å². The Morgan fingerprint density at radius 3 is 1.98 bits per heavy atom. The van der Waals surface area contributed by atoms with Crippen molar-refractivity contribution in [3.05, 3.63) is 80.6 Å². The van der Waals surface area contributed by atoms with Gasteiger partial charge in [0.05, 0.1) is 20.8 Å². The highest BCUT2D eigenvalue weighted by Gasteiger charge is 2.61. The molecule has 0 spiro atoms. The molecule has 4 rings (SSSR count). The SMILES string of the molecule is COc1ccc(OP(=S)(OC[C@@]2(C(F)F)O[C@@H](n3cc(Cl)c(=O)[nH]c3=O)[C@H](O)[C@@H]2O)Oc2ccc(OC)cc2)cc1. The molecule has 1 aromatic heterocycles. The number of aliphatic hydroxyl groups excluding tert-OH is 2. The molecule has 1 saturated heterocycles. The van der Waals surface area contributed by atoms with Crippen molar-refractivity contribution in [1.29, 1.82) is 0 Å². The predicted octanol–water partition coefficient (Wildman–Crippen LogP) is 2.86. The molecular formula is C24H24ClF2N2O10PS. The van der Waals surface area contributed by atoms with Crippen LogP contribution in [0.4, 0.5) is 8.78 Å². The fourth-order valence-electron chi connectivity index (χ4n) is 3.83. The van der Waals surface area contributed by atoms with Crippen LogP contribution in [0.5, 0.6) is 23.0 Å². The first-order chi connectivity index (χ1) is 19.4. The van der Waals surface area contributed by atoms with Crippen LogP contribution in [0.25, 0.3) is 0 Å². The Bertz CT molecular complexity index is 1470. The average Bonchev–Trinajstić information content (AvgIpc) is 3.21. The summed E-state index contributed by atoms with van der Waals surface area (Å²) < 4.78 is 62.6. The van der Waals surface area contributed by atoms with Crippen molar-refractivity contribution in [1.82, 2.24) is 9.55 Å². The van der Waals surface area contributed by atoms with Crippen LogP contribution in [0.15, 0.2) is 64.3 Å². The maximum absolute atomic E-state index is 14.6. The van der Waals surface area contributed by atoms with Gasteiger partial charge in [0, 0.05) is 18.0 Å². The van der Waals surface area contributed by atoms with Crippen LogP contribution in [0.3, 0.4) is 0 Å². The van der Waals surface area contributed by atoms with Gasteiger partial charge in [-0.2, -0.15) is 0 Å². The van der Waals surface area contributed by atoms with Crippen molar-refractivity contribution in [2.75, 3.05) is 20.8 Å². The maximum atomic E-state index is 14.6. The third kappa shape index (κ3) is 6.56. The number of alkyl halides is 2. The number of ether oxygens (including phenoxy) is 3. The maximum Gasteiger partial charge on any atom is 0.435 e. The number of H-pyrrole nitrogens is 1. The van der Waals surface area contributed by atoms with Crippen LogP contribution < -0.4 is 29.8 Å². The summed E-state index contributed by atoms with van der Waals surface area (Å²) in [5.74, 6) is 1.29. The summed E-state index contributed by atoms with van der Waals surface area (Å²) >= 11 is 11.3. The van der Waals surface area contributed by atoms with Crippen LogP contribution in [-0.4, -0.2) is 64.8 Å². The summed E-state index contributed by atoms with van der Waals surface area (Å²) in [5, 5.41) is 20.9. The van der Waals surface area contributed by atoms with Crippen LogP contribution in [0.1, 0.15) is 6.23 Å². The number of aromatic nitrogens is 2. The van der Waals surface area contributed by atoms with Crippen molar-refractivity contribution in [2.24, 2.45) is 0 Å². The number of halogens is 3. The lowest BCUT2D eigenvalue weighted by atomic mass is 9.96. The van der Waals surface area contributed by atoms with Gasteiger partial charge in [-0.05, 0) is 48.5 Å². The quantitative estimate of drug-likeness (QED) is 0.267. The first-order valence-electron chi connectivity index (χ1n) is 11.7. The second-order valence-electron chi connectivity index (χ2n) is 8.60. The summed E-state index contributed by atoms with van der Waals surface area (Å²) in [6.07, 6.45) is -8.94. The Hall–Kier alpha value is -3.04. The van der Waals surface area contributed by atoms with Crippen LogP contribution in [0.2, 0.25) is 5.02 Å². The highest BCUT2D eigenvalue weighted by Crippen LogP contribution is 2.53. The van der Waals surface area contributed by atoms with E-state index in [9.17, 15) is 28.6 Å². The number of aromatic amines is 1. The second-order valence-corrected chi connectivity index (χ2v) is 11.9. The third-order valence-electron chi connectivity index (χ3n) is 6.03. The van der Waals surface area contributed by atoms with E-state index in [1.807, 2.05) is 4.98 Å². The summed E-state index contributed by atoms with van der Waals surface area (Å²) in [6.45, 7) is -5.14. The van der Waals surface area contributed by atoms with Crippen LogP contribution in [0, 0.1) is 0 Å². The molecule has 4 atom stereocenters. The Morgan fingerprint density at radius 2 is 1.51 bits per heavy atom. The molecule has 0 unspecified atom stereocenters. The van der Waals surface area contributed by atoms with Gasteiger partial charge in [-0.15, -0.1) is 0 Å². The summed E-state index contributed by atoms with van der Waals surface area (Å²) in [7, 11) is 2.92. The summed E-state index contributed by atoms with van der Waals surface area (Å²) in [6, 6.07) is 12.2. The molecule has 0 aliphatic carbocycles. The van der Waals surface area contributed by atoms with Gasteiger partial charge in [0.15, 0.2) is 11.8 Å². The molecular weight excluding hydrogens is 613 g/mol. The molecule has 2 heterocycles. The number of hydrogen-bond acceptors (Lipinski definition) is 11. The van der Waals surface area contributed by atoms with E-state index in [-0.39, 0.29) is 11.5 Å². The van der Waals surface area contributed by atoms with Crippen molar-refractivity contribution in [3.63, 3.8) is 0 Å². The van der Waals surface area contributed by atoms with E-state index in [4.69, 9.17) is 51.2 Å². The minimum absolute atomic E-state index is 0.147. The Morgan fingerprint density at radius 1 is 1.02 bits per heavy atom. The average molecular weight is 637 g/mol. The molecule has 222 valence electrons. The van der Waals surface area contributed by atoms with Crippen molar-refractivity contribution >= 4 is 30.1 Å². The summed E-state index contributed by atoms with van der Waals surface area (Å²) in [5.41, 5.74) is -4.99. The fourth-order valence-corrected chi connectivity index (χ4v) is 5.92. The normalized spacial score (nSPS) is 22.5. The first kappa shape index (κ1) is 30.9. The minimum atomic E-state index is -4.00. The number of hydrogen-bond donors (Lipinski definition) is 3. The third-order valence-corrected chi connectivity index (χ3v) is 8.37. The van der Waals surface area contributed by atoms with Gasteiger partial charge in [-0.25, -0.2) is 13.6 Å². The molecule has 0 amide bonds. The largest absolute Gasteiger partial charge is 0.497 e. The lowest BCUT2D eigenvalue weighted by molar-refractivity contribution is -0.192. The lowest BCUT2D eigenvalue weighted by Crippen LogP contribution is -2.52. The molecule has 2 aromatic carbocycles. The zero-order chi connectivity index (χ0) is 29.9. The van der Waals surface area contributed by atoms with E-state index in [1.54, 1.807) is 24.3 Å². The van der Waals surface area contributed by atoms with Gasteiger partial charge in [-0.1, -0.05) is 11.6 Å². The molecule has 3 N–H and O–H groups in total. The molecule has 12 nitrogen and oxygen atoms in total. The van der Waals surface area contributed by atoms with Crippen LogP contribution >= 0.6 is 18.3 Å². The topological polar surface area (TPSA) is 151 Å². The van der Waals surface area contributed by atoms with Gasteiger partial charge in [0.1, 0.15) is 40.2 Å². The van der Waals surface area contributed by atoms with Gasteiger partial charge in [0.25, 0.3) is 12.0 Å². The molecule has 0 bridgehead atoms. The van der Waals surface area contributed by atoms with E-state index < -0.39 is 60.1 Å². The van der Waals surface area contributed by atoms with E-state index >= 15 is 0 Å². The molecule has 1 fully saturated rings. The zero-order valence-corrected chi connectivity index (χ0v) is 23.8. The molecule has 1 aliphatic heterocycles. The number of aliphatic hydroxyl groups is 2. The minimum Gasteiger partial charge on any atom is -0.497 e. The van der Waals surface area contributed by atoms with E-state index in [0.717, 1.165) is 6.20 Å². The van der Waals surface area contributed by atoms with E-state index in [2.05, 4.69) is 0 Å². The van der Waals surface area contributed by atoms with Crippen molar-refractivity contribution < 1.29 is 46.8 Å². The number of nitrogens with one attached hydrogen (secondary N) is 1. The lowest BCUT2D eigenvalue weighted by Gasteiger charge is -2.33. The molecule has 1 aliphatic rings. The van der Waals surface area contributed by atoms with Gasteiger partial charge >= 0.3 is 12.4 Å². The Labute approximate surface area is 241 Å². The smallest absolute Gasteiger partial charge is 0.435 e. The number of methoxy groups -OCH3 is 2. The van der Waals surface area contributed by atoms with E-state index in [1.165, 1.54) is 38.5 Å². The summed E-state index contributed by atoms with van der Waals surface area (Å²) in [4.78, 5) is 25.8. The number of nitrogens with zero attached hydrogens (tertiary/aromatic N) is 1. The Balaban J connectivity index is 1.65. The zero-order valence-electron chi connectivity index (χ0n) is 21.3.